The number of hydrogen-bond acceptors (Lipinski definition) is 6. The molecule has 1 aromatic rings. The van der Waals surface area contributed by atoms with Crippen molar-refractivity contribution in [3.63, 3.8) is 0 Å². The van der Waals surface area contributed by atoms with E-state index in [-0.39, 0.29) is 35.1 Å². The Hall–Kier alpha value is -2.52. The summed E-state index contributed by atoms with van der Waals surface area (Å²) in [6.07, 6.45) is 7.22. The number of rotatable bonds is 7. The number of anilines is 1. The van der Waals surface area contributed by atoms with Crippen LogP contribution in [-0.2, 0) is 20.8 Å². The predicted octanol–water partition coefficient (Wildman–Crippen LogP) is 2.12. The molecule has 4 rings (SSSR count). The average Bonchev–Trinajstić information content (AvgIpc) is 2.89. The van der Waals surface area contributed by atoms with Crippen molar-refractivity contribution >= 4 is 23.3 Å². The molecule has 2 aliphatic heterocycles. The molecule has 1 saturated carbocycles. The van der Waals surface area contributed by atoms with Crippen LogP contribution in [0.5, 0.6) is 0 Å². The van der Waals surface area contributed by atoms with Crippen LogP contribution in [0.3, 0.4) is 0 Å². The number of likely N-dealkylation sites (N-methyl/N-ethyl adjacent to an activating group) is 1. The number of halogens is 1. The van der Waals surface area contributed by atoms with Gasteiger partial charge in [0, 0.05) is 50.2 Å². The molecule has 2 saturated heterocycles. The first-order valence-electron chi connectivity index (χ1n) is 13.8. The van der Waals surface area contributed by atoms with Crippen LogP contribution in [0, 0.1) is 17.2 Å². The Kier molecular flexibility index (Phi) is 8.85. The van der Waals surface area contributed by atoms with E-state index in [9.17, 15) is 18.8 Å². The molecule has 37 heavy (non-hydrogen) atoms. The molecule has 2 amide bonds. The molecule has 1 aliphatic carbocycles. The topological polar surface area (TPSA) is 108 Å². The highest BCUT2D eigenvalue weighted by Crippen LogP contribution is 2.46. The quantitative estimate of drug-likeness (QED) is 0.480. The zero-order chi connectivity index (χ0) is 26.6. The number of nitrogens with one attached hydrogen (secondary N) is 2. The fourth-order valence-electron chi connectivity index (χ4n) is 6.57. The first-order valence-corrected chi connectivity index (χ1v) is 13.8. The van der Waals surface area contributed by atoms with Gasteiger partial charge in [-0.1, -0.05) is 25.3 Å². The maximum Gasteiger partial charge on any atom is 0.245 e. The lowest BCUT2D eigenvalue weighted by Gasteiger charge is -2.47. The Bertz CT molecular complexity index is 988. The first kappa shape index (κ1) is 27.5. The zero-order valence-electron chi connectivity index (χ0n) is 22.2. The molecule has 2 atom stereocenters. The second-order valence-corrected chi connectivity index (χ2v) is 11.2. The van der Waals surface area contributed by atoms with E-state index >= 15 is 0 Å². The average molecular weight is 516 g/mol. The summed E-state index contributed by atoms with van der Waals surface area (Å²) >= 11 is 0. The van der Waals surface area contributed by atoms with Crippen molar-refractivity contribution in [1.29, 1.82) is 0 Å². The van der Waals surface area contributed by atoms with Gasteiger partial charge in [0.25, 0.3) is 0 Å². The molecule has 3 aliphatic rings. The maximum atomic E-state index is 13.8. The number of likely N-dealkylation sites (tertiary alicyclic amines) is 1. The fourth-order valence-corrected chi connectivity index (χ4v) is 6.57. The van der Waals surface area contributed by atoms with Gasteiger partial charge in [0.2, 0.25) is 11.8 Å². The smallest absolute Gasteiger partial charge is 0.245 e. The fraction of sp³-hybridized carbons (Fsp3) is 0.679. The Morgan fingerprint density at radius 3 is 2.49 bits per heavy atom. The van der Waals surface area contributed by atoms with Crippen LogP contribution in [-0.4, -0.2) is 79.3 Å². The molecule has 8 nitrogen and oxygen atoms in total. The minimum atomic E-state index is -0.825. The van der Waals surface area contributed by atoms with E-state index in [0.717, 1.165) is 19.4 Å². The largest absolute Gasteiger partial charge is 0.398 e. The number of nitrogen functional groups attached to an aromatic ring is 1. The minimum Gasteiger partial charge on any atom is -0.398 e. The molecule has 4 N–H and O–H groups in total. The molecule has 2 heterocycles. The molecule has 2 unspecified atom stereocenters. The number of amides is 2. The Morgan fingerprint density at radius 2 is 1.86 bits per heavy atom. The van der Waals surface area contributed by atoms with Crippen LogP contribution in [0.15, 0.2) is 18.2 Å². The van der Waals surface area contributed by atoms with Crippen molar-refractivity contribution in [2.45, 2.75) is 70.4 Å². The second kappa shape index (κ2) is 11.9. The van der Waals surface area contributed by atoms with Crippen molar-refractivity contribution in [3.8, 4) is 0 Å². The lowest BCUT2D eigenvalue weighted by atomic mass is 9.62. The summed E-state index contributed by atoms with van der Waals surface area (Å²) in [5.74, 6) is -0.227. The van der Waals surface area contributed by atoms with E-state index in [1.165, 1.54) is 31.4 Å². The Labute approximate surface area is 219 Å². The lowest BCUT2D eigenvalue weighted by Crippen LogP contribution is -2.60. The highest BCUT2D eigenvalue weighted by Gasteiger charge is 2.46. The zero-order valence-corrected chi connectivity index (χ0v) is 22.2. The highest BCUT2D eigenvalue weighted by atomic mass is 19.1. The van der Waals surface area contributed by atoms with Crippen LogP contribution in [0.4, 0.5) is 10.1 Å². The van der Waals surface area contributed by atoms with E-state index in [0.29, 0.717) is 50.5 Å². The number of piperidine rings is 1. The summed E-state index contributed by atoms with van der Waals surface area (Å²) in [6.45, 7) is 4.79. The number of nitrogens with two attached hydrogens (primary N) is 1. The predicted molar refractivity (Wildman–Crippen MR) is 141 cm³/mol. The van der Waals surface area contributed by atoms with Crippen molar-refractivity contribution in [2.24, 2.45) is 11.3 Å². The van der Waals surface area contributed by atoms with Crippen LogP contribution in [0.1, 0.15) is 57.4 Å². The van der Waals surface area contributed by atoms with Gasteiger partial charge < -0.3 is 26.2 Å². The van der Waals surface area contributed by atoms with Gasteiger partial charge >= 0.3 is 0 Å². The number of piperazine rings is 1. The van der Waals surface area contributed by atoms with E-state index in [4.69, 9.17) is 5.73 Å². The number of nitrogens with zero attached hydrogens (tertiary/aromatic N) is 2. The van der Waals surface area contributed by atoms with Gasteiger partial charge in [-0.3, -0.25) is 14.4 Å². The third-order valence-electron chi connectivity index (χ3n) is 8.90. The molecule has 3 fully saturated rings. The molecule has 9 heteroatoms. The van der Waals surface area contributed by atoms with Crippen LogP contribution < -0.4 is 16.4 Å². The normalized spacial score (nSPS) is 23.9. The second-order valence-electron chi connectivity index (χ2n) is 11.2. The van der Waals surface area contributed by atoms with Crippen molar-refractivity contribution < 1.29 is 18.8 Å². The van der Waals surface area contributed by atoms with Gasteiger partial charge in [0.05, 0.1) is 6.04 Å². The number of carbonyl (C=O) groups excluding carboxylic acids is 3. The summed E-state index contributed by atoms with van der Waals surface area (Å²) in [6, 6.07) is 2.89. The number of carbonyl (C=O) groups is 3. The summed E-state index contributed by atoms with van der Waals surface area (Å²) < 4.78 is 13.7. The molecule has 0 radical (unpaired) electrons. The summed E-state index contributed by atoms with van der Waals surface area (Å²) in [5, 5.41) is 6.19. The highest BCUT2D eigenvalue weighted by molar-refractivity contribution is 5.91. The van der Waals surface area contributed by atoms with Gasteiger partial charge in [0.1, 0.15) is 17.6 Å². The van der Waals surface area contributed by atoms with E-state index in [1.807, 2.05) is 7.05 Å². The molecule has 0 spiro atoms. The van der Waals surface area contributed by atoms with Crippen molar-refractivity contribution in [3.05, 3.63) is 29.6 Å². The molecular formula is C28H42FN5O3. The lowest BCUT2D eigenvalue weighted by molar-refractivity contribution is -0.144. The number of benzene rings is 1. The molecule has 0 aromatic heterocycles. The van der Waals surface area contributed by atoms with Crippen molar-refractivity contribution in [1.82, 2.24) is 20.4 Å². The van der Waals surface area contributed by atoms with Gasteiger partial charge in [-0.2, -0.15) is 0 Å². The number of ketones is 1. The minimum absolute atomic E-state index is 0.177. The third-order valence-corrected chi connectivity index (χ3v) is 8.90. The van der Waals surface area contributed by atoms with Gasteiger partial charge in [-0.15, -0.1) is 0 Å². The molecule has 0 bridgehead atoms. The van der Waals surface area contributed by atoms with Gasteiger partial charge in [0.15, 0.2) is 0 Å². The Balaban J connectivity index is 1.49. The number of Topliss-reactive ketones (excluding diaryl/α,β-unsaturated/α-hetero) is 1. The monoisotopic (exact) mass is 515 g/mol. The summed E-state index contributed by atoms with van der Waals surface area (Å²) in [5.41, 5.74) is 6.58. The van der Waals surface area contributed by atoms with E-state index in [1.54, 1.807) is 17.9 Å². The van der Waals surface area contributed by atoms with Crippen molar-refractivity contribution in [2.75, 3.05) is 45.5 Å². The van der Waals surface area contributed by atoms with Crippen LogP contribution in [0.2, 0.25) is 0 Å². The first-order chi connectivity index (χ1) is 17.7. The standard InChI is InChI=1S/C28H42FN5O3/c1-19(35)28(21-6-4-3-5-7-21)10-13-34(14-11-28)27(37)24(16-20-8-9-22(29)17-23(20)30)32-26(36)25-18-33(2)15-12-31-25/h8-9,17,21,24-25,31H,3-7,10-16,18,30H2,1-2H3,(H,32,36). The maximum absolute atomic E-state index is 13.8. The molecule has 204 valence electrons. The Morgan fingerprint density at radius 1 is 1.16 bits per heavy atom. The number of hydrogen-bond donors (Lipinski definition) is 3. The van der Waals surface area contributed by atoms with Crippen LogP contribution in [0.25, 0.3) is 0 Å². The summed E-state index contributed by atoms with van der Waals surface area (Å²) in [4.78, 5) is 43.7. The van der Waals surface area contributed by atoms with E-state index in [2.05, 4.69) is 15.5 Å². The molecule has 1 aromatic carbocycles. The van der Waals surface area contributed by atoms with Gasteiger partial charge in [-0.25, -0.2) is 4.39 Å². The van der Waals surface area contributed by atoms with E-state index < -0.39 is 17.9 Å². The van der Waals surface area contributed by atoms with Gasteiger partial charge in [-0.05, 0) is 63.3 Å². The summed E-state index contributed by atoms with van der Waals surface area (Å²) in [7, 11) is 1.96. The third kappa shape index (κ3) is 6.32. The SMILES string of the molecule is CC(=O)C1(C2CCCCC2)CCN(C(=O)C(Cc2ccc(F)cc2N)NC(=O)C2CN(C)CCN2)CC1. The molecular weight excluding hydrogens is 473 g/mol. The van der Waals surface area contributed by atoms with Crippen LogP contribution >= 0.6 is 0 Å².